The summed E-state index contributed by atoms with van der Waals surface area (Å²) >= 11 is 0. The van der Waals surface area contributed by atoms with Crippen molar-refractivity contribution in [2.24, 2.45) is 0 Å². The molecule has 356 valence electrons. The highest BCUT2D eigenvalue weighted by molar-refractivity contribution is 7.47. The number of quaternary nitrogens is 1. The molecule has 0 radical (unpaired) electrons. The highest BCUT2D eigenvalue weighted by Crippen LogP contribution is 2.43. The zero-order chi connectivity index (χ0) is 44.3. The molecular formula is C50H99NO8P+. The summed E-state index contributed by atoms with van der Waals surface area (Å²) in [5.41, 5.74) is 0. The van der Waals surface area contributed by atoms with E-state index in [-0.39, 0.29) is 32.0 Å². The number of carbonyl (C=O) groups is 2. The molecule has 0 saturated heterocycles. The maximum absolute atomic E-state index is 12.7. The number of carbonyl (C=O) groups excluding carboxylic acids is 2. The van der Waals surface area contributed by atoms with Crippen LogP contribution in [0.1, 0.15) is 245 Å². The third kappa shape index (κ3) is 46.3. The number of ether oxygens (including phenoxy) is 2. The van der Waals surface area contributed by atoms with Crippen LogP contribution in [0, 0.1) is 0 Å². The summed E-state index contributed by atoms with van der Waals surface area (Å²) in [6.07, 6.45) is 46.8. The fraction of sp³-hybridized carbons (Fsp3) is 0.920. The summed E-state index contributed by atoms with van der Waals surface area (Å²) in [4.78, 5) is 35.5. The van der Waals surface area contributed by atoms with Crippen LogP contribution in [0.25, 0.3) is 0 Å². The van der Waals surface area contributed by atoms with Gasteiger partial charge in [-0.1, -0.05) is 206 Å². The molecule has 0 saturated carbocycles. The van der Waals surface area contributed by atoms with E-state index in [2.05, 4.69) is 26.0 Å². The van der Waals surface area contributed by atoms with Gasteiger partial charge in [0.1, 0.15) is 19.8 Å². The summed E-state index contributed by atoms with van der Waals surface area (Å²) < 4.78 is 34.4. The van der Waals surface area contributed by atoms with Crippen molar-refractivity contribution < 1.29 is 42.1 Å². The molecule has 9 nitrogen and oxygen atoms in total. The van der Waals surface area contributed by atoms with Gasteiger partial charge in [0.25, 0.3) is 0 Å². The van der Waals surface area contributed by atoms with Crippen molar-refractivity contribution in [1.29, 1.82) is 0 Å². The first-order valence-corrected chi connectivity index (χ1v) is 26.9. The molecule has 60 heavy (non-hydrogen) atoms. The van der Waals surface area contributed by atoms with Gasteiger partial charge in [-0.3, -0.25) is 18.6 Å². The van der Waals surface area contributed by atoms with E-state index in [9.17, 15) is 19.0 Å². The van der Waals surface area contributed by atoms with E-state index in [1.54, 1.807) is 0 Å². The van der Waals surface area contributed by atoms with Crippen molar-refractivity contribution in [2.75, 3.05) is 47.5 Å². The highest BCUT2D eigenvalue weighted by Gasteiger charge is 2.27. The van der Waals surface area contributed by atoms with Gasteiger partial charge in [-0.05, 0) is 38.5 Å². The molecule has 0 fully saturated rings. The van der Waals surface area contributed by atoms with E-state index in [0.717, 1.165) is 32.1 Å². The fourth-order valence-electron chi connectivity index (χ4n) is 7.31. The molecule has 10 heteroatoms. The van der Waals surface area contributed by atoms with Crippen molar-refractivity contribution in [1.82, 2.24) is 0 Å². The van der Waals surface area contributed by atoms with Crippen LogP contribution < -0.4 is 0 Å². The standard InChI is InChI=1S/C50H98NO8P/c1-6-8-10-12-14-16-18-20-22-24-25-27-29-31-33-35-37-39-41-43-50(53)59-48(47-58-60(54,55)57-45-44-51(3,4)5)46-56-49(52)42-40-38-36-34-32-30-28-26-23-21-19-17-15-13-11-9-7-2/h21,23,48H,6-20,22,24-47H2,1-5H3/p+1/b23-21-/t48-/m1/s1. The monoisotopic (exact) mass is 873 g/mol. The summed E-state index contributed by atoms with van der Waals surface area (Å²) in [7, 11) is 1.49. The van der Waals surface area contributed by atoms with Crippen molar-refractivity contribution in [2.45, 2.75) is 251 Å². The second-order valence-corrected chi connectivity index (χ2v) is 20.0. The minimum atomic E-state index is -4.37. The maximum atomic E-state index is 12.7. The topological polar surface area (TPSA) is 108 Å². The Morgan fingerprint density at radius 1 is 0.500 bits per heavy atom. The number of rotatable bonds is 47. The Kier molecular flexibility index (Phi) is 42.1. The number of phosphoric ester groups is 1. The minimum Gasteiger partial charge on any atom is -0.462 e. The van der Waals surface area contributed by atoms with E-state index in [1.165, 1.54) is 180 Å². The predicted octanol–water partition coefficient (Wildman–Crippen LogP) is 14.9. The van der Waals surface area contributed by atoms with Crippen LogP contribution in [0.4, 0.5) is 0 Å². The first kappa shape index (κ1) is 58.8. The van der Waals surface area contributed by atoms with E-state index in [0.29, 0.717) is 17.4 Å². The number of likely N-dealkylation sites (N-methyl/N-ethyl adjacent to an activating group) is 1. The lowest BCUT2D eigenvalue weighted by atomic mass is 10.0. The average Bonchev–Trinajstić information content (AvgIpc) is 3.20. The van der Waals surface area contributed by atoms with E-state index < -0.39 is 26.5 Å². The zero-order valence-corrected chi connectivity index (χ0v) is 41.1. The van der Waals surface area contributed by atoms with Gasteiger partial charge >= 0.3 is 19.8 Å². The van der Waals surface area contributed by atoms with Crippen LogP contribution in [0.15, 0.2) is 12.2 Å². The summed E-state index contributed by atoms with van der Waals surface area (Å²) in [6.45, 7) is 4.46. The Labute approximate surface area is 371 Å². The molecule has 1 unspecified atom stereocenters. The molecular weight excluding hydrogens is 774 g/mol. The number of nitrogens with zero attached hydrogens (tertiary/aromatic N) is 1. The predicted molar refractivity (Wildman–Crippen MR) is 252 cm³/mol. The largest absolute Gasteiger partial charge is 0.472 e. The van der Waals surface area contributed by atoms with Crippen molar-refractivity contribution in [3.8, 4) is 0 Å². The molecule has 0 rings (SSSR count). The van der Waals surface area contributed by atoms with Crippen LogP contribution in [0.5, 0.6) is 0 Å². The SMILES string of the molecule is CCCCCCCC/C=C\CCCCCCCCCC(=O)OC[C@H](COP(=O)(O)OCC[N+](C)(C)C)OC(=O)CCCCCCCCCCCCCCCCCCCCC. The van der Waals surface area contributed by atoms with Crippen LogP contribution >= 0.6 is 7.82 Å². The number of esters is 2. The zero-order valence-electron chi connectivity index (χ0n) is 40.2. The van der Waals surface area contributed by atoms with Crippen LogP contribution in [-0.4, -0.2) is 74.9 Å². The number of phosphoric acid groups is 1. The molecule has 0 bridgehead atoms. The van der Waals surface area contributed by atoms with Crippen LogP contribution in [-0.2, 0) is 32.7 Å². The second-order valence-electron chi connectivity index (χ2n) is 18.6. The maximum Gasteiger partial charge on any atom is 0.472 e. The van der Waals surface area contributed by atoms with Gasteiger partial charge in [-0.2, -0.15) is 0 Å². The molecule has 0 aromatic heterocycles. The summed E-state index contributed by atoms with van der Waals surface area (Å²) in [6, 6.07) is 0. The van der Waals surface area contributed by atoms with E-state index in [4.69, 9.17) is 18.5 Å². The number of hydrogen-bond donors (Lipinski definition) is 1. The van der Waals surface area contributed by atoms with Gasteiger partial charge in [0, 0.05) is 12.8 Å². The van der Waals surface area contributed by atoms with Crippen LogP contribution in [0.2, 0.25) is 0 Å². The number of allylic oxidation sites excluding steroid dienone is 2. The van der Waals surface area contributed by atoms with E-state index >= 15 is 0 Å². The molecule has 0 aliphatic heterocycles. The van der Waals surface area contributed by atoms with Gasteiger partial charge in [0.05, 0.1) is 27.7 Å². The molecule has 0 amide bonds. The first-order valence-electron chi connectivity index (χ1n) is 25.4. The Balaban J connectivity index is 4.23. The molecule has 0 aliphatic rings. The van der Waals surface area contributed by atoms with Crippen molar-refractivity contribution in [3.63, 3.8) is 0 Å². The molecule has 0 aliphatic carbocycles. The second kappa shape index (κ2) is 43.0. The van der Waals surface area contributed by atoms with Crippen LogP contribution in [0.3, 0.4) is 0 Å². The lowest BCUT2D eigenvalue weighted by Gasteiger charge is -2.24. The number of unbranched alkanes of at least 4 members (excludes halogenated alkanes) is 31. The van der Waals surface area contributed by atoms with Gasteiger partial charge < -0.3 is 18.9 Å². The minimum absolute atomic E-state index is 0.0345. The molecule has 1 N–H and O–H groups in total. The Hall–Kier alpha value is -1.25. The van der Waals surface area contributed by atoms with Gasteiger partial charge in [-0.25, -0.2) is 4.57 Å². The molecule has 0 spiro atoms. The lowest BCUT2D eigenvalue weighted by molar-refractivity contribution is -0.870. The normalized spacial score (nSPS) is 13.5. The molecule has 0 aromatic rings. The van der Waals surface area contributed by atoms with E-state index in [1.807, 2.05) is 21.1 Å². The lowest BCUT2D eigenvalue weighted by Crippen LogP contribution is -2.37. The quantitative estimate of drug-likeness (QED) is 0.0212. The highest BCUT2D eigenvalue weighted by atomic mass is 31.2. The van der Waals surface area contributed by atoms with Crippen molar-refractivity contribution in [3.05, 3.63) is 12.2 Å². The Bertz CT molecular complexity index is 1030. The molecule has 0 aromatic carbocycles. The summed E-state index contributed by atoms with van der Waals surface area (Å²) in [5, 5.41) is 0. The summed E-state index contributed by atoms with van der Waals surface area (Å²) in [5.74, 6) is -0.788. The molecule has 0 heterocycles. The average molecular weight is 873 g/mol. The van der Waals surface area contributed by atoms with Crippen molar-refractivity contribution >= 4 is 19.8 Å². The Morgan fingerprint density at radius 2 is 0.850 bits per heavy atom. The van der Waals surface area contributed by atoms with Gasteiger partial charge in [-0.15, -0.1) is 0 Å². The first-order chi connectivity index (χ1) is 29.0. The van der Waals surface area contributed by atoms with Gasteiger partial charge in [0.2, 0.25) is 0 Å². The third-order valence-electron chi connectivity index (χ3n) is 11.3. The molecule has 2 atom stereocenters. The Morgan fingerprint density at radius 3 is 1.23 bits per heavy atom. The fourth-order valence-corrected chi connectivity index (χ4v) is 8.05. The smallest absolute Gasteiger partial charge is 0.462 e. The van der Waals surface area contributed by atoms with Gasteiger partial charge in [0.15, 0.2) is 6.10 Å². The number of hydrogen-bond acceptors (Lipinski definition) is 7. The third-order valence-corrected chi connectivity index (χ3v) is 12.3.